The van der Waals surface area contributed by atoms with E-state index in [1.807, 2.05) is 32.0 Å². The van der Waals surface area contributed by atoms with E-state index in [2.05, 4.69) is 26.1 Å². The molecule has 2 rings (SSSR count). The van der Waals surface area contributed by atoms with Gasteiger partial charge < -0.3 is 10.2 Å². The van der Waals surface area contributed by atoms with Gasteiger partial charge in [-0.2, -0.15) is 0 Å². The molecule has 1 atom stereocenters. The molecule has 84 valence electrons. The maximum Gasteiger partial charge on any atom is 0.247 e. The van der Waals surface area contributed by atoms with Crippen LogP contribution in [0, 0.1) is 6.92 Å². The van der Waals surface area contributed by atoms with E-state index >= 15 is 0 Å². The van der Waals surface area contributed by atoms with Crippen LogP contribution >= 0.6 is 15.9 Å². The predicted octanol–water partition coefficient (Wildman–Crippen LogP) is 2.83. The van der Waals surface area contributed by atoms with Crippen molar-refractivity contribution in [3.05, 3.63) is 34.1 Å². The first-order valence-electron chi connectivity index (χ1n) is 4.93. The summed E-state index contributed by atoms with van der Waals surface area (Å²) in [6, 6.07) is 5.64. The third-order valence-electron chi connectivity index (χ3n) is 2.24. The van der Waals surface area contributed by atoms with E-state index in [9.17, 15) is 0 Å². The fraction of sp³-hybridized carbons (Fsp3) is 0.273. The Labute approximate surface area is 102 Å². The summed E-state index contributed by atoms with van der Waals surface area (Å²) < 4.78 is 6.52. The summed E-state index contributed by atoms with van der Waals surface area (Å²) >= 11 is 3.44. The maximum absolute atomic E-state index is 5.66. The molecule has 0 bridgehead atoms. The molecule has 0 saturated carbocycles. The first-order chi connectivity index (χ1) is 7.58. The minimum atomic E-state index is -0.238. The molecule has 2 aromatic rings. The highest BCUT2D eigenvalue weighted by molar-refractivity contribution is 9.10. The lowest BCUT2D eigenvalue weighted by Gasteiger charge is -2.00. The van der Waals surface area contributed by atoms with E-state index in [0.29, 0.717) is 11.8 Å². The number of halogens is 1. The van der Waals surface area contributed by atoms with Gasteiger partial charge in [-0.05, 0) is 37.6 Å². The van der Waals surface area contributed by atoms with Crippen molar-refractivity contribution < 1.29 is 4.42 Å². The van der Waals surface area contributed by atoms with Gasteiger partial charge in [0.25, 0.3) is 0 Å². The number of hydrogen-bond donors (Lipinski definition) is 1. The SMILES string of the molecule is Cc1cc(-c2nnc(C(C)N)o2)ccc1Br. The second-order valence-corrected chi connectivity index (χ2v) is 4.55. The molecule has 0 amide bonds. The lowest BCUT2D eigenvalue weighted by Crippen LogP contribution is -2.04. The summed E-state index contributed by atoms with van der Waals surface area (Å²) in [5.74, 6) is 0.957. The minimum Gasteiger partial charge on any atom is -0.419 e. The zero-order valence-electron chi connectivity index (χ0n) is 9.07. The van der Waals surface area contributed by atoms with Gasteiger partial charge in [0.05, 0.1) is 6.04 Å². The van der Waals surface area contributed by atoms with E-state index in [-0.39, 0.29) is 6.04 Å². The van der Waals surface area contributed by atoms with E-state index < -0.39 is 0 Å². The van der Waals surface area contributed by atoms with E-state index in [4.69, 9.17) is 10.2 Å². The lowest BCUT2D eigenvalue weighted by atomic mass is 10.1. The van der Waals surface area contributed by atoms with Crippen molar-refractivity contribution in [1.82, 2.24) is 10.2 Å². The monoisotopic (exact) mass is 281 g/mol. The second kappa shape index (κ2) is 4.35. The molecule has 0 saturated heterocycles. The van der Waals surface area contributed by atoms with Gasteiger partial charge in [-0.3, -0.25) is 0 Å². The van der Waals surface area contributed by atoms with Crippen LogP contribution in [-0.2, 0) is 0 Å². The number of hydrogen-bond acceptors (Lipinski definition) is 4. The van der Waals surface area contributed by atoms with Crippen molar-refractivity contribution in [2.75, 3.05) is 0 Å². The molecule has 4 nitrogen and oxygen atoms in total. The summed E-state index contributed by atoms with van der Waals surface area (Å²) in [7, 11) is 0. The van der Waals surface area contributed by atoms with Gasteiger partial charge in [0.15, 0.2) is 0 Å². The Morgan fingerprint density at radius 2 is 2.12 bits per heavy atom. The first kappa shape index (κ1) is 11.3. The molecule has 0 radical (unpaired) electrons. The van der Waals surface area contributed by atoms with Gasteiger partial charge >= 0.3 is 0 Å². The summed E-state index contributed by atoms with van der Waals surface area (Å²) in [4.78, 5) is 0. The number of aromatic nitrogens is 2. The van der Waals surface area contributed by atoms with Crippen LogP contribution in [0.3, 0.4) is 0 Å². The van der Waals surface area contributed by atoms with Gasteiger partial charge in [-0.15, -0.1) is 10.2 Å². The predicted molar refractivity (Wildman–Crippen MR) is 64.8 cm³/mol. The van der Waals surface area contributed by atoms with Crippen LogP contribution in [0.1, 0.15) is 24.4 Å². The second-order valence-electron chi connectivity index (χ2n) is 3.70. The maximum atomic E-state index is 5.66. The largest absolute Gasteiger partial charge is 0.419 e. The molecule has 0 aliphatic rings. The van der Waals surface area contributed by atoms with Crippen molar-refractivity contribution in [3.8, 4) is 11.5 Å². The molecular formula is C11H12BrN3O. The van der Waals surface area contributed by atoms with Gasteiger partial charge in [0.1, 0.15) is 0 Å². The Bertz CT molecular complexity index is 508. The van der Waals surface area contributed by atoms with Crippen molar-refractivity contribution in [2.24, 2.45) is 5.73 Å². The average Bonchev–Trinajstić information content (AvgIpc) is 2.71. The molecule has 1 unspecified atom stereocenters. The first-order valence-corrected chi connectivity index (χ1v) is 5.72. The van der Waals surface area contributed by atoms with E-state index in [1.54, 1.807) is 0 Å². The fourth-order valence-electron chi connectivity index (χ4n) is 1.31. The lowest BCUT2D eigenvalue weighted by molar-refractivity contribution is 0.473. The summed E-state index contributed by atoms with van der Waals surface area (Å²) in [6.07, 6.45) is 0. The van der Waals surface area contributed by atoms with Crippen LogP contribution < -0.4 is 5.73 Å². The number of aryl methyl sites for hydroxylation is 1. The smallest absolute Gasteiger partial charge is 0.247 e. The zero-order valence-corrected chi connectivity index (χ0v) is 10.7. The molecule has 0 spiro atoms. The summed E-state index contributed by atoms with van der Waals surface area (Å²) in [5.41, 5.74) is 7.68. The van der Waals surface area contributed by atoms with Crippen LogP contribution in [-0.4, -0.2) is 10.2 Å². The number of nitrogens with two attached hydrogens (primary N) is 1. The van der Waals surface area contributed by atoms with Crippen LogP contribution in [0.5, 0.6) is 0 Å². The van der Waals surface area contributed by atoms with Crippen LogP contribution in [0.2, 0.25) is 0 Å². The highest BCUT2D eigenvalue weighted by Gasteiger charge is 2.11. The number of nitrogens with zero attached hydrogens (tertiary/aromatic N) is 2. The molecule has 16 heavy (non-hydrogen) atoms. The van der Waals surface area contributed by atoms with Gasteiger partial charge in [-0.1, -0.05) is 15.9 Å². The Hall–Kier alpha value is -1.20. The minimum absolute atomic E-state index is 0.238. The van der Waals surface area contributed by atoms with Crippen LogP contribution in [0.15, 0.2) is 27.1 Å². The van der Waals surface area contributed by atoms with Crippen LogP contribution in [0.25, 0.3) is 11.5 Å². The Morgan fingerprint density at radius 3 is 2.69 bits per heavy atom. The topological polar surface area (TPSA) is 64.9 Å². The van der Waals surface area contributed by atoms with Crippen molar-refractivity contribution in [1.29, 1.82) is 0 Å². The van der Waals surface area contributed by atoms with E-state index in [1.165, 1.54) is 0 Å². The molecule has 1 aromatic carbocycles. The fourth-order valence-corrected chi connectivity index (χ4v) is 1.56. The average molecular weight is 282 g/mol. The standard InChI is InChI=1S/C11H12BrN3O/c1-6-5-8(3-4-9(6)12)11-15-14-10(16-11)7(2)13/h3-5,7H,13H2,1-2H3. The third-order valence-corrected chi connectivity index (χ3v) is 3.12. The van der Waals surface area contributed by atoms with Crippen molar-refractivity contribution in [2.45, 2.75) is 19.9 Å². The molecule has 0 aliphatic heterocycles. The third kappa shape index (κ3) is 2.15. The van der Waals surface area contributed by atoms with Gasteiger partial charge in [-0.25, -0.2) is 0 Å². The molecule has 0 fully saturated rings. The Kier molecular flexibility index (Phi) is 3.07. The summed E-state index contributed by atoms with van der Waals surface area (Å²) in [6.45, 7) is 3.82. The normalized spacial score (nSPS) is 12.8. The molecule has 1 aromatic heterocycles. The summed E-state index contributed by atoms with van der Waals surface area (Å²) in [5, 5.41) is 7.86. The highest BCUT2D eigenvalue weighted by Crippen LogP contribution is 2.24. The van der Waals surface area contributed by atoms with Crippen molar-refractivity contribution in [3.63, 3.8) is 0 Å². The Morgan fingerprint density at radius 1 is 1.38 bits per heavy atom. The van der Waals surface area contributed by atoms with Crippen LogP contribution in [0.4, 0.5) is 0 Å². The molecule has 2 N–H and O–H groups in total. The molecule has 5 heteroatoms. The van der Waals surface area contributed by atoms with Crippen molar-refractivity contribution >= 4 is 15.9 Å². The quantitative estimate of drug-likeness (QED) is 0.919. The van der Waals surface area contributed by atoms with Gasteiger partial charge in [0.2, 0.25) is 11.8 Å². The highest BCUT2D eigenvalue weighted by atomic mass is 79.9. The molecule has 0 aliphatic carbocycles. The zero-order chi connectivity index (χ0) is 11.7. The number of benzene rings is 1. The molecule has 1 heterocycles. The van der Waals surface area contributed by atoms with E-state index in [0.717, 1.165) is 15.6 Å². The Balaban J connectivity index is 2.39. The van der Waals surface area contributed by atoms with Gasteiger partial charge in [0, 0.05) is 10.0 Å². The number of rotatable bonds is 2. The molecular weight excluding hydrogens is 270 g/mol.